The Bertz CT molecular complexity index is 580. The molecule has 3 fully saturated rings. The maximum absolute atomic E-state index is 12.7. The molecular formula is C18H28N4O. The van der Waals surface area contributed by atoms with Gasteiger partial charge in [0.25, 0.3) is 0 Å². The molecule has 1 saturated heterocycles. The largest absolute Gasteiger partial charge is 0.342 e. The topological polar surface area (TPSA) is 51.0 Å². The van der Waals surface area contributed by atoms with Gasteiger partial charge < -0.3 is 4.90 Å². The van der Waals surface area contributed by atoms with Crippen LogP contribution in [0.2, 0.25) is 0 Å². The van der Waals surface area contributed by atoms with E-state index in [4.69, 9.17) is 0 Å². The summed E-state index contributed by atoms with van der Waals surface area (Å²) in [6.45, 7) is 6.21. The molecule has 0 spiro atoms. The fourth-order valence-corrected chi connectivity index (χ4v) is 4.33. The standard InChI is InChI=1S/C18H28N4O/c1-3-18(4-2)11-15(18)17(23)21-9-7-14(8-10-21)22-12-16(19-20-22)13-5-6-13/h12-15H,3-11H2,1-2H3/t15-/m1/s1. The third kappa shape index (κ3) is 2.68. The van der Waals surface area contributed by atoms with Crippen LogP contribution in [0.5, 0.6) is 0 Å². The van der Waals surface area contributed by atoms with Crippen LogP contribution in [0.1, 0.15) is 76.4 Å². The minimum absolute atomic E-state index is 0.293. The zero-order valence-corrected chi connectivity index (χ0v) is 14.4. The molecule has 0 aromatic carbocycles. The lowest BCUT2D eigenvalue weighted by atomic mass is 9.96. The lowest BCUT2D eigenvalue weighted by Gasteiger charge is -2.32. The van der Waals surface area contributed by atoms with E-state index in [1.54, 1.807) is 0 Å². The molecule has 5 nitrogen and oxygen atoms in total. The molecule has 126 valence electrons. The van der Waals surface area contributed by atoms with Gasteiger partial charge in [0, 0.05) is 31.1 Å². The normalized spacial score (nSPS) is 27.2. The molecule has 0 radical (unpaired) electrons. The van der Waals surface area contributed by atoms with Crippen LogP contribution in [0, 0.1) is 11.3 Å². The minimum atomic E-state index is 0.293. The number of likely N-dealkylation sites (tertiary alicyclic amines) is 1. The van der Waals surface area contributed by atoms with Crippen LogP contribution >= 0.6 is 0 Å². The van der Waals surface area contributed by atoms with Gasteiger partial charge in [-0.25, -0.2) is 4.68 Å². The Balaban J connectivity index is 1.33. The van der Waals surface area contributed by atoms with Crippen molar-refractivity contribution in [3.8, 4) is 0 Å². The third-order valence-electron chi connectivity index (χ3n) is 6.57. The SMILES string of the molecule is CCC1(CC)C[C@@H]1C(=O)N1CCC(n2cc(C3CC3)nn2)CC1. The van der Waals surface area contributed by atoms with Crippen LogP contribution in [0.15, 0.2) is 6.20 Å². The number of carbonyl (C=O) groups is 1. The molecule has 1 aromatic rings. The summed E-state index contributed by atoms with van der Waals surface area (Å²) in [6, 6.07) is 0.417. The molecule has 1 aromatic heterocycles. The molecule has 5 heteroatoms. The molecular weight excluding hydrogens is 288 g/mol. The maximum Gasteiger partial charge on any atom is 0.226 e. The molecule has 0 unspecified atom stereocenters. The summed E-state index contributed by atoms with van der Waals surface area (Å²) in [5, 5.41) is 8.65. The van der Waals surface area contributed by atoms with Crippen molar-refractivity contribution in [1.82, 2.24) is 19.9 Å². The average molecular weight is 316 g/mol. The second-order valence-corrected chi connectivity index (χ2v) is 7.78. The van der Waals surface area contributed by atoms with Crippen LogP contribution < -0.4 is 0 Å². The fourth-order valence-electron chi connectivity index (χ4n) is 4.33. The van der Waals surface area contributed by atoms with Crippen LogP contribution in [0.25, 0.3) is 0 Å². The molecule has 2 aliphatic carbocycles. The van der Waals surface area contributed by atoms with Gasteiger partial charge in [0.05, 0.1) is 11.7 Å². The van der Waals surface area contributed by atoms with Crippen molar-refractivity contribution in [2.45, 2.75) is 70.8 Å². The average Bonchev–Trinajstić information content (AvgIpc) is 3.52. The minimum Gasteiger partial charge on any atom is -0.342 e. The van der Waals surface area contributed by atoms with Gasteiger partial charge in [0.2, 0.25) is 5.91 Å². The predicted octanol–water partition coefficient (Wildman–Crippen LogP) is 3.15. The number of hydrogen-bond acceptors (Lipinski definition) is 3. The van der Waals surface area contributed by atoms with Crippen molar-refractivity contribution in [3.05, 3.63) is 11.9 Å². The quantitative estimate of drug-likeness (QED) is 0.838. The fraction of sp³-hybridized carbons (Fsp3) is 0.833. The van der Waals surface area contributed by atoms with E-state index in [0.29, 0.717) is 29.2 Å². The lowest BCUT2D eigenvalue weighted by Crippen LogP contribution is -2.40. The Morgan fingerprint density at radius 2 is 1.91 bits per heavy atom. The summed E-state index contributed by atoms with van der Waals surface area (Å²) in [4.78, 5) is 14.8. The van der Waals surface area contributed by atoms with Gasteiger partial charge >= 0.3 is 0 Å². The first-order valence-electron chi connectivity index (χ1n) is 9.37. The van der Waals surface area contributed by atoms with Crippen molar-refractivity contribution < 1.29 is 4.79 Å². The van der Waals surface area contributed by atoms with E-state index in [-0.39, 0.29) is 0 Å². The first-order chi connectivity index (χ1) is 11.2. The van der Waals surface area contributed by atoms with E-state index < -0.39 is 0 Å². The smallest absolute Gasteiger partial charge is 0.226 e. The first kappa shape index (κ1) is 15.2. The highest BCUT2D eigenvalue weighted by Gasteiger charge is 2.56. The molecule has 0 N–H and O–H groups in total. The van der Waals surface area contributed by atoms with E-state index in [9.17, 15) is 4.79 Å². The van der Waals surface area contributed by atoms with Crippen molar-refractivity contribution in [2.24, 2.45) is 11.3 Å². The van der Waals surface area contributed by atoms with Crippen molar-refractivity contribution in [3.63, 3.8) is 0 Å². The zero-order chi connectivity index (χ0) is 16.0. The second-order valence-electron chi connectivity index (χ2n) is 7.78. The molecule has 23 heavy (non-hydrogen) atoms. The van der Waals surface area contributed by atoms with Crippen LogP contribution in [-0.4, -0.2) is 38.9 Å². The number of amides is 1. The van der Waals surface area contributed by atoms with E-state index >= 15 is 0 Å². The molecule has 1 aliphatic heterocycles. The molecule has 4 rings (SSSR count). The van der Waals surface area contributed by atoms with Crippen molar-refractivity contribution in [2.75, 3.05) is 13.1 Å². The van der Waals surface area contributed by atoms with E-state index in [1.165, 1.54) is 12.8 Å². The number of nitrogens with zero attached hydrogens (tertiary/aromatic N) is 4. The summed E-state index contributed by atoms with van der Waals surface area (Å²) in [6.07, 6.45) is 10.1. The Kier molecular flexibility index (Phi) is 3.69. The first-order valence-corrected chi connectivity index (χ1v) is 9.37. The molecule has 2 saturated carbocycles. The van der Waals surface area contributed by atoms with E-state index in [0.717, 1.165) is 50.9 Å². The Hall–Kier alpha value is -1.39. The molecule has 2 heterocycles. The van der Waals surface area contributed by atoms with E-state index in [1.807, 2.05) is 0 Å². The molecule has 0 bridgehead atoms. The Morgan fingerprint density at radius 1 is 1.22 bits per heavy atom. The van der Waals surface area contributed by atoms with Crippen LogP contribution in [0.3, 0.4) is 0 Å². The summed E-state index contributed by atoms with van der Waals surface area (Å²) in [7, 11) is 0. The van der Waals surface area contributed by atoms with Gasteiger partial charge in [0.1, 0.15) is 0 Å². The van der Waals surface area contributed by atoms with Crippen molar-refractivity contribution >= 4 is 5.91 Å². The zero-order valence-electron chi connectivity index (χ0n) is 14.4. The van der Waals surface area contributed by atoms with Gasteiger partial charge in [-0.05, 0) is 50.4 Å². The second kappa shape index (κ2) is 5.60. The molecule has 1 amide bonds. The Morgan fingerprint density at radius 3 is 2.48 bits per heavy atom. The highest BCUT2D eigenvalue weighted by atomic mass is 16.2. The van der Waals surface area contributed by atoms with Crippen LogP contribution in [0.4, 0.5) is 0 Å². The highest BCUT2D eigenvalue weighted by molar-refractivity contribution is 5.82. The Labute approximate surface area is 138 Å². The van der Waals surface area contributed by atoms with Crippen LogP contribution in [-0.2, 0) is 4.79 Å². The summed E-state index contributed by atoms with van der Waals surface area (Å²) in [5.41, 5.74) is 1.48. The van der Waals surface area contributed by atoms with E-state index in [2.05, 4.69) is 39.9 Å². The summed E-state index contributed by atoms with van der Waals surface area (Å²) < 4.78 is 2.05. The predicted molar refractivity (Wildman–Crippen MR) is 88.0 cm³/mol. The van der Waals surface area contributed by atoms with Gasteiger partial charge in [-0.1, -0.05) is 19.1 Å². The molecule has 1 atom stereocenters. The highest BCUT2D eigenvalue weighted by Crippen LogP contribution is 2.58. The maximum atomic E-state index is 12.7. The number of rotatable bonds is 5. The summed E-state index contributed by atoms with van der Waals surface area (Å²) in [5.74, 6) is 1.36. The molecule has 3 aliphatic rings. The van der Waals surface area contributed by atoms with Gasteiger partial charge in [0.15, 0.2) is 0 Å². The monoisotopic (exact) mass is 316 g/mol. The third-order valence-corrected chi connectivity index (χ3v) is 6.57. The number of piperidine rings is 1. The lowest BCUT2D eigenvalue weighted by molar-refractivity contribution is -0.134. The number of hydrogen-bond donors (Lipinski definition) is 0. The number of carbonyl (C=O) groups excluding carboxylic acids is 1. The van der Waals surface area contributed by atoms with Crippen molar-refractivity contribution in [1.29, 1.82) is 0 Å². The van der Waals surface area contributed by atoms with Gasteiger partial charge in [-0.15, -0.1) is 5.10 Å². The number of aromatic nitrogens is 3. The van der Waals surface area contributed by atoms with Gasteiger partial charge in [-0.2, -0.15) is 0 Å². The summed E-state index contributed by atoms with van der Waals surface area (Å²) >= 11 is 0. The van der Waals surface area contributed by atoms with Gasteiger partial charge in [-0.3, -0.25) is 4.79 Å².